The van der Waals surface area contributed by atoms with Crippen LogP contribution in [-0.2, 0) is 6.42 Å². The highest BCUT2D eigenvalue weighted by Gasteiger charge is 2.13. The second kappa shape index (κ2) is 5.57. The first-order valence-corrected chi connectivity index (χ1v) is 6.23. The van der Waals surface area contributed by atoms with Crippen LogP contribution < -0.4 is 11.5 Å². The van der Waals surface area contributed by atoms with Gasteiger partial charge in [-0.15, -0.1) is 0 Å². The van der Waals surface area contributed by atoms with Crippen molar-refractivity contribution in [2.75, 3.05) is 5.73 Å². The van der Waals surface area contributed by atoms with Crippen LogP contribution in [0.3, 0.4) is 0 Å². The molecule has 3 nitrogen and oxygen atoms in total. The van der Waals surface area contributed by atoms with Gasteiger partial charge in [-0.2, -0.15) is 0 Å². The molecule has 1 aromatic carbocycles. The van der Waals surface area contributed by atoms with Gasteiger partial charge < -0.3 is 11.5 Å². The molecule has 0 aliphatic heterocycles. The Morgan fingerprint density at radius 1 is 1.22 bits per heavy atom. The van der Waals surface area contributed by atoms with Crippen LogP contribution in [0.5, 0.6) is 0 Å². The SMILES string of the molecule is Nc1ncc(Cl)cc1C(N)Cc1ccccc1Cl. The van der Waals surface area contributed by atoms with E-state index in [0.717, 1.165) is 11.1 Å². The zero-order valence-electron chi connectivity index (χ0n) is 9.61. The van der Waals surface area contributed by atoms with E-state index < -0.39 is 0 Å². The predicted molar refractivity (Wildman–Crippen MR) is 75.7 cm³/mol. The lowest BCUT2D eigenvalue weighted by atomic mass is 10.0. The van der Waals surface area contributed by atoms with Crippen LogP contribution in [0.4, 0.5) is 5.82 Å². The van der Waals surface area contributed by atoms with Crippen molar-refractivity contribution >= 4 is 29.0 Å². The molecule has 18 heavy (non-hydrogen) atoms. The van der Waals surface area contributed by atoms with Crippen molar-refractivity contribution in [3.05, 3.63) is 57.7 Å². The molecule has 0 fully saturated rings. The van der Waals surface area contributed by atoms with Crippen molar-refractivity contribution in [2.24, 2.45) is 5.73 Å². The van der Waals surface area contributed by atoms with Crippen LogP contribution in [0.1, 0.15) is 17.2 Å². The van der Waals surface area contributed by atoms with Gasteiger partial charge in [0.15, 0.2) is 0 Å². The standard InChI is InChI=1S/C13H13Cl2N3/c14-9-6-10(13(17)18-7-9)12(16)5-8-3-1-2-4-11(8)15/h1-4,6-7,12H,5,16H2,(H2,17,18). The molecular weight excluding hydrogens is 269 g/mol. The maximum Gasteiger partial charge on any atom is 0.128 e. The number of nitrogens with two attached hydrogens (primary N) is 2. The number of rotatable bonds is 3. The molecule has 0 aliphatic carbocycles. The molecular formula is C13H13Cl2N3. The molecule has 2 rings (SSSR count). The first-order chi connectivity index (χ1) is 8.58. The summed E-state index contributed by atoms with van der Waals surface area (Å²) in [6.07, 6.45) is 2.09. The third-order valence-corrected chi connectivity index (χ3v) is 3.29. The maximum atomic E-state index is 6.13. The maximum absolute atomic E-state index is 6.13. The van der Waals surface area contributed by atoms with Gasteiger partial charge in [-0.25, -0.2) is 4.98 Å². The highest BCUT2D eigenvalue weighted by Crippen LogP contribution is 2.26. The summed E-state index contributed by atoms with van der Waals surface area (Å²) in [5.41, 5.74) is 13.6. The van der Waals surface area contributed by atoms with Crippen molar-refractivity contribution in [3.63, 3.8) is 0 Å². The first kappa shape index (κ1) is 13.1. The molecule has 0 saturated carbocycles. The van der Waals surface area contributed by atoms with E-state index >= 15 is 0 Å². The van der Waals surface area contributed by atoms with Gasteiger partial charge in [0.2, 0.25) is 0 Å². The number of anilines is 1. The van der Waals surface area contributed by atoms with Crippen LogP contribution in [0.15, 0.2) is 36.5 Å². The van der Waals surface area contributed by atoms with Crippen molar-refractivity contribution < 1.29 is 0 Å². The smallest absolute Gasteiger partial charge is 0.128 e. The molecule has 0 amide bonds. The first-order valence-electron chi connectivity index (χ1n) is 5.48. The van der Waals surface area contributed by atoms with E-state index in [0.29, 0.717) is 22.3 Å². The van der Waals surface area contributed by atoms with Gasteiger partial charge in [0, 0.05) is 22.8 Å². The molecule has 4 N–H and O–H groups in total. The zero-order chi connectivity index (χ0) is 13.1. The number of nitrogens with zero attached hydrogens (tertiary/aromatic N) is 1. The number of aromatic nitrogens is 1. The Labute approximate surface area is 116 Å². The molecule has 0 bridgehead atoms. The van der Waals surface area contributed by atoms with Gasteiger partial charge in [-0.3, -0.25) is 0 Å². The number of pyridine rings is 1. The summed E-state index contributed by atoms with van der Waals surface area (Å²) in [4.78, 5) is 4.00. The average molecular weight is 282 g/mol. The summed E-state index contributed by atoms with van der Waals surface area (Å²) in [5.74, 6) is 0.402. The second-order valence-corrected chi connectivity index (χ2v) is 4.87. The normalized spacial score (nSPS) is 12.4. The summed E-state index contributed by atoms with van der Waals surface area (Å²) >= 11 is 12.0. The number of hydrogen-bond donors (Lipinski definition) is 2. The van der Waals surface area contributed by atoms with E-state index in [9.17, 15) is 0 Å². The minimum Gasteiger partial charge on any atom is -0.383 e. The molecule has 5 heteroatoms. The summed E-state index contributed by atoms with van der Waals surface area (Å²) in [5, 5.41) is 1.22. The van der Waals surface area contributed by atoms with Crippen LogP contribution in [0.2, 0.25) is 10.0 Å². The fraction of sp³-hybridized carbons (Fsp3) is 0.154. The quantitative estimate of drug-likeness (QED) is 0.908. The van der Waals surface area contributed by atoms with Gasteiger partial charge >= 0.3 is 0 Å². The van der Waals surface area contributed by atoms with Crippen molar-refractivity contribution in [3.8, 4) is 0 Å². The molecule has 1 atom stereocenters. The van der Waals surface area contributed by atoms with Crippen molar-refractivity contribution in [2.45, 2.75) is 12.5 Å². The molecule has 0 spiro atoms. The molecule has 0 saturated heterocycles. The number of hydrogen-bond acceptors (Lipinski definition) is 3. The molecule has 1 aromatic heterocycles. The molecule has 1 unspecified atom stereocenters. The molecule has 0 radical (unpaired) electrons. The van der Waals surface area contributed by atoms with Crippen LogP contribution in [0, 0.1) is 0 Å². The third kappa shape index (κ3) is 2.93. The topological polar surface area (TPSA) is 64.9 Å². The van der Waals surface area contributed by atoms with E-state index in [1.54, 1.807) is 6.07 Å². The Bertz CT molecular complexity index is 558. The van der Waals surface area contributed by atoms with Gasteiger partial charge in [-0.05, 0) is 24.1 Å². The summed E-state index contributed by atoms with van der Waals surface area (Å²) < 4.78 is 0. The average Bonchev–Trinajstić information content (AvgIpc) is 2.35. The fourth-order valence-electron chi connectivity index (χ4n) is 1.77. The van der Waals surface area contributed by atoms with E-state index in [1.807, 2.05) is 24.3 Å². The Hall–Kier alpha value is -1.29. The van der Waals surface area contributed by atoms with Crippen molar-refractivity contribution in [1.82, 2.24) is 4.98 Å². The molecule has 2 aromatic rings. The van der Waals surface area contributed by atoms with Gasteiger partial charge in [0.25, 0.3) is 0 Å². The summed E-state index contributed by atoms with van der Waals surface area (Å²) in [6, 6.07) is 9.04. The van der Waals surface area contributed by atoms with Crippen molar-refractivity contribution in [1.29, 1.82) is 0 Å². The number of benzene rings is 1. The Morgan fingerprint density at radius 2 is 1.94 bits per heavy atom. The number of halogens is 2. The van der Waals surface area contributed by atoms with E-state index in [2.05, 4.69) is 4.98 Å². The molecule has 1 heterocycles. The lowest BCUT2D eigenvalue weighted by Gasteiger charge is -2.15. The fourth-order valence-corrected chi connectivity index (χ4v) is 2.15. The van der Waals surface area contributed by atoms with Crippen LogP contribution in [0.25, 0.3) is 0 Å². The summed E-state index contributed by atoms with van der Waals surface area (Å²) in [6.45, 7) is 0. The molecule has 94 valence electrons. The van der Waals surface area contributed by atoms with E-state index in [1.165, 1.54) is 6.20 Å². The van der Waals surface area contributed by atoms with Crippen LogP contribution >= 0.6 is 23.2 Å². The van der Waals surface area contributed by atoms with Gasteiger partial charge in [0.05, 0.1) is 5.02 Å². The Morgan fingerprint density at radius 3 is 2.67 bits per heavy atom. The Balaban J connectivity index is 2.25. The zero-order valence-corrected chi connectivity index (χ0v) is 11.1. The van der Waals surface area contributed by atoms with E-state index in [4.69, 9.17) is 34.7 Å². The predicted octanol–water partition coefficient (Wildman–Crippen LogP) is 3.21. The summed E-state index contributed by atoms with van der Waals surface area (Å²) in [7, 11) is 0. The lowest BCUT2D eigenvalue weighted by molar-refractivity contribution is 0.721. The minimum absolute atomic E-state index is 0.281. The third-order valence-electron chi connectivity index (χ3n) is 2.71. The Kier molecular flexibility index (Phi) is 4.07. The van der Waals surface area contributed by atoms with Gasteiger partial charge in [0.1, 0.15) is 5.82 Å². The molecule has 0 aliphatic rings. The highest BCUT2D eigenvalue weighted by atomic mass is 35.5. The van der Waals surface area contributed by atoms with E-state index in [-0.39, 0.29) is 6.04 Å². The highest BCUT2D eigenvalue weighted by molar-refractivity contribution is 6.31. The monoisotopic (exact) mass is 281 g/mol. The van der Waals surface area contributed by atoms with Gasteiger partial charge in [-0.1, -0.05) is 41.4 Å². The minimum atomic E-state index is -0.281. The lowest BCUT2D eigenvalue weighted by Crippen LogP contribution is -2.16. The largest absolute Gasteiger partial charge is 0.383 e. The number of nitrogen functional groups attached to an aromatic ring is 1. The second-order valence-electron chi connectivity index (χ2n) is 4.03. The van der Waals surface area contributed by atoms with Crippen LogP contribution in [-0.4, -0.2) is 4.98 Å².